The molecule has 0 aromatic carbocycles. The van der Waals surface area contributed by atoms with E-state index in [9.17, 15) is 4.79 Å². The number of amides is 1. The van der Waals surface area contributed by atoms with Gasteiger partial charge in [-0.2, -0.15) is 0 Å². The molecule has 0 saturated carbocycles. The van der Waals surface area contributed by atoms with Gasteiger partial charge in [0, 0.05) is 23.7 Å². The lowest BCUT2D eigenvalue weighted by atomic mass is 10.3. The van der Waals surface area contributed by atoms with Crippen LogP contribution in [-0.4, -0.2) is 22.0 Å². The summed E-state index contributed by atoms with van der Waals surface area (Å²) in [5.74, 6) is 0. The van der Waals surface area contributed by atoms with Gasteiger partial charge in [0.15, 0.2) is 0 Å². The van der Waals surface area contributed by atoms with Crippen molar-refractivity contribution in [3.05, 3.63) is 89.6 Å². The topological polar surface area (TPSA) is 66.6 Å². The minimum atomic E-state index is -1.10. The second-order valence-corrected chi connectivity index (χ2v) is 4.89. The molecule has 1 aliphatic carbocycles. The number of allylic oxidation sites excluding steroid dienone is 9. The fourth-order valence-corrected chi connectivity index (χ4v) is 2.03. The highest BCUT2D eigenvalue weighted by Crippen LogP contribution is 2.28. The molecule has 5 nitrogen and oxygen atoms in total. The number of nitrogens with zero attached hydrogens (tertiary/aromatic N) is 2. The third-order valence-corrected chi connectivity index (χ3v) is 3.20. The van der Waals surface area contributed by atoms with Crippen LogP contribution in [-0.2, 0) is 0 Å². The Morgan fingerprint density at radius 1 is 1.17 bits per heavy atom. The summed E-state index contributed by atoms with van der Waals surface area (Å²) in [6.07, 6.45) is 19.1. The molecule has 1 aromatic heterocycles. The lowest BCUT2D eigenvalue weighted by Gasteiger charge is -1.99. The molecular weight excluding hydrogens is 290 g/mol. The van der Waals surface area contributed by atoms with Crippen LogP contribution in [0, 0.1) is 0 Å². The first-order valence-electron chi connectivity index (χ1n) is 7.09. The highest BCUT2D eigenvalue weighted by molar-refractivity contribution is 5.81. The highest BCUT2D eigenvalue weighted by Gasteiger charge is 2.13. The van der Waals surface area contributed by atoms with Crippen LogP contribution in [0.15, 0.2) is 88.9 Å². The number of hydrogen-bond acceptors (Lipinski definition) is 2. The molecule has 1 amide bonds. The number of hydrogen-bond donors (Lipinski definition) is 2. The van der Waals surface area contributed by atoms with Crippen LogP contribution < -0.4 is 5.32 Å². The zero-order chi connectivity index (χ0) is 16.1. The first-order valence-corrected chi connectivity index (χ1v) is 7.09. The molecule has 0 atom stereocenters. The van der Waals surface area contributed by atoms with E-state index in [2.05, 4.69) is 10.3 Å². The zero-order valence-electron chi connectivity index (χ0n) is 12.3. The Kier molecular flexibility index (Phi) is 4.20. The molecule has 1 aliphatic heterocycles. The molecule has 114 valence electrons. The van der Waals surface area contributed by atoms with Gasteiger partial charge in [0.1, 0.15) is 0 Å². The monoisotopic (exact) mass is 305 g/mol. The second kappa shape index (κ2) is 6.62. The van der Waals surface area contributed by atoms with E-state index in [1.165, 1.54) is 0 Å². The summed E-state index contributed by atoms with van der Waals surface area (Å²) in [6, 6.07) is 3.91. The van der Waals surface area contributed by atoms with Crippen LogP contribution in [0.25, 0.3) is 6.20 Å². The van der Waals surface area contributed by atoms with Gasteiger partial charge in [0.25, 0.3) is 0 Å². The number of aromatic nitrogens is 1. The van der Waals surface area contributed by atoms with E-state index in [1.54, 1.807) is 24.3 Å². The summed E-state index contributed by atoms with van der Waals surface area (Å²) < 4.78 is 1.94. The summed E-state index contributed by atoms with van der Waals surface area (Å²) in [5, 5.41) is 11.2. The molecule has 0 unspecified atom stereocenters. The normalized spacial score (nSPS) is 26.3. The molecule has 0 saturated heterocycles. The highest BCUT2D eigenvalue weighted by atomic mass is 16.4. The lowest BCUT2D eigenvalue weighted by molar-refractivity contribution is 0.198. The van der Waals surface area contributed by atoms with Gasteiger partial charge in [-0.05, 0) is 36.4 Å². The SMILES string of the molecule is O=C(O)NC1=C/C=C\C=C2C=C\2/N=C\c2cccn2/C=C/C=C\1. The standard InChI is InChI=1S/C18H15N3O2/c22-18(23)20-15-7-2-1-6-14-12-17(14)19-13-16-9-5-11-21(16)10-4-3-8-15/h1-13,20H,(H,22,23)/b2-1-,8-3-,10-4+,14-6-,15-7+,19-13-. The Bertz CT molecular complexity index is 830. The first kappa shape index (κ1) is 14.6. The molecule has 0 spiro atoms. The van der Waals surface area contributed by atoms with Crippen molar-refractivity contribution in [2.24, 2.45) is 4.99 Å². The van der Waals surface area contributed by atoms with Crippen LogP contribution in [0.4, 0.5) is 4.79 Å². The van der Waals surface area contributed by atoms with E-state index in [0.29, 0.717) is 5.70 Å². The maximum atomic E-state index is 10.8. The number of fused-ring (bicyclic) bond motifs is 2. The van der Waals surface area contributed by atoms with Crippen molar-refractivity contribution < 1.29 is 9.90 Å². The summed E-state index contributed by atoms with van der Waals surface area (Å²) >= 11 is 0. The van der Waals surface area contributed by atoms with E-state index in [1.807, 2.05) is 59.6 Å². The van der Waals surface area contributed by atoms with Crippen LogP contribution in [0.1, 0.15) is 5.69 Å². The fraction of sp³-hybridized carbons (Fsp3) is 0. The Morgan fingerprint density at radius 3 is 2.91 bits per heavy atom. The third-order valence-electron chi connectivity index (χ3n) is 3.20. The van der Waals surface area contributed by atoms with E-state index in [0.717, 1.165) is 17.0 Å². The zero-order valence-corrected chi connectivity index (χ0v) is 12.3. The molecule has 0 radical (unpaired) electrons. The molecule has 2 N–H and O–H groups in total. The number of carboxylic acid groups (broad SMARTS) is 1. The maximum Gasteiger partial charge on any atom is 0.409 e. The molecule has 2 aliphatic rings. The molecule has 0 fully saturated rings. The number of rotatable bonds is 1. The molecule has 1 aromatic rings. The van der Waals surface area contributed by atoms with Gasteiger partial charge in [0.2, 0.25) is 0 Å². The van der Waals surface area contributed by atoms with E-state index in [4.69, 9.17) is 5.11 Å². The Morgan fingerprint density at radius 2 is 2.04 bits per heavy atom. The summed E-state index contributed by atoms with van der Waals surface area (Å²) in [5.41, 5.74) is 3.47. The van der Waals surface area contributed by atoms with Crippen molar-refractivity contribution in [3.8, 4) is 0 Å². The van der Waals surface area contributed by atoms with Gasteiger partial charge >= 0.3 is 6.09 Å². The van der Waals surface area contributed by atoms with Gasteiger partial charge in [-0.25, -0.2) is 4.79 Å². The van der Waals surface area contributed by atoms with Gasteiger partial charge in [0.05, 0.1) is 17.6 Å². The van der Waals surface area contributed by atoms with Crippen molar-refractivity contribution in [2.75, 3.05) is 0 Å². The Labute approximate surface area is 133 Å². The van der Waals surface area contributed by atoms with E-state index in [-0.39, 0.29) is 0 Å². The van der Waals surface area contributed by atoms with Gasteiger partial charge in [-0.1, -0.05) is 24.3 Å². The fourth-order valence-electron chi connectivity index (χ4n) is 2.03. The number of aliphatic imine (C=N–C) groups is 1. The first-order chi connectivity index (χ1) is 11.2. The average Bonchev–Trinajstić information content (AvgIpc) is 3.11. The van der Waals surface area contributed by atoms with Gasteiger partial charge in [-0.3, -0.25) is 10.3 Å². The van der Waals surface area contributed by atoms with Crippen LogP contribution >= 0.6 is 0 Å². The molecular formula is C18H15N3O2. The van der Waals surface area contributed by atoms with Crippen LogP contribution in [0.5, 0.6) is 0 Å². The predicted molar refractivity (Wildman–Crippen MR) is 91.0 cm³/mol. The summed E-state index contributed by atoms with van der Waals surface area (Å²) in [4.78, 5) is 15.2. The smallest absolute Gasteiger partial charge is 0.409 e. The van der Waals surface area contributed by atoms with Crippen molar-refractivity contribution in [1.29, 1.82) is 0 Å². The third kappa shape index (κ3) is 4.07. The van der Waals surface area contributed by atoms with E-state index < -0.39 is 6.09 Å². The minimum absolute atomic E-state index is 0.486. The average molecular weight is 305 g/mol. The maximum absolute atomic E-state index is 10.8. The molecule has 5 heteroatoms. The largest absolute Gasteiger partial charge is 0.465 e. The van der Waals surface area contributed by atoms with Crippen LogP contribution in [0.2, 0.25) is 0 Å². The van der Waals surface area contributed by atoms with Crippen molar-refractivity contribution in [2.45, 2.75) is 0 Å². The molecule has 2 heterocycles. The summed E-state index contributed by atoms with van der Waals surface area (Å²) in [6.45, 7) is 0. The summed E-state index contributed by atoms with van der Waals surface area (Å²) in [7, 11) is 0. The molecule has 0 bridgehead atoms. The minimum Gasteiger partial charge on any atom is -0.465 e. The van der Waals surface area contributed by atoms with Gasteiger partial charge in [-0.15, -0.1) is 0 Å². The van der Waals surface area contributed by atoms with Gasteiger partial charge < -0.3 is 9.67 Å². The van der Waals surface area contributed by atoms with Crippen molar-refractivity contribution in [3.63, 3.8) is 0 Å². The van der Waals surface area contributed by atoms with Crippen LogP contribution in [0.3, 0.4) is 0 Å². The number of nitrogens with one attached hydrogen (secondary N) is 1. The molecule has 23 heavy (non-hydrogen) atoms. The Balaban J connectivity index is 1.90. The Hall–Kier alpha value is -3.34. The van der Waals surface area contributed by atoms with Crippen molar-refractivity contribution >= 4 is 18.5 Å². The number of carbonyl (C=O) groups is 1. The van der Waals surface area contributed by atoms with Crippen molar-refractivity contribution in [1.82, 2.24) is 9.88 Å². The quantitative estimate of drug-likeness (QED) is 0.834. The lowest BCUT2D eigenvalue weighted by Crippen LogP contribution is -2.18. The predicted octanol–water partition coefficient (Wildman–Crippen LogP) is 3.48. The van der Waals surface area contributed by atoms with E-state index >= 15 is 0 Å². The second-order valence-electron chi connectivity index (χ2n) is 4.89. The molecule has 3 rings (SSSR count).